The monoisotopic (exact) mass is 408 g/mol. The van der Waals surface area contributed by atoms with Crippen molar-refractivity contribution in [3.8, 4) is 0 Å². The fourth-order valence-corrected chi connectivity index (χ4v) is 2.54. The Labute approximate surface area is 161 Å². The summed E-state index contributed by atoms with van der Waals surface area (Å²) in [6.45, 7) is 0.870. The summed E-state index contributed by atoms with van der Waals surface area (Å²) in [5.41, 5.74) is 5.12. The number of unbranched alkanes of at least 4 members (excludes halogenated alkanes) is 1. The van der Waals surface area contributed by atoms with E-state index in [1.54, 1.807) is 7.05 Å². The zero-order valence-corrected chi connectivity index (χ0v) is 15.6. The van der Waals surface area contributed by atoms with Crippen molar-refractivity contribution in [2.24, 2.45) is 5.73 Å². The van der Waals surface area contributed by atoms with Gasteiger partial charge in [-0.15, -0.1) is 0 Å². The molecule has 0 aliphatic carbocycles. The summed E-state index contributed by atoms with van der Waals surface area (Å²) in [7, 11) is 0.477. The quantitative estimate of drug-likeness (QED) is 0.311. The van der Waals surface area contributed by atoms with Gasteiger partial charge in [-0.2, -0.15) is 22.8 Å². The molecule has 4 N–H and O–H groups in total. The lowest BCUT2D eigenvalue weighted by molar-refractivity contribution is -0.191. The topological polar surface area (TPSA) is 104 Å². The van der Waals surface area contributed by atoms with E-state index in [4.69, 9.17) is 25.4 Å². The highest BCUT2D eigenvalue weighted by atomic mass is 19.4. The molecule has 1 atom stereocenters. The maximum atomic E-state index is 13.3. The number of halogens is 4. The molecule has 1 aromatic rings. The maximum Gasteiger partial charge on any atom is 0.451 e. The standard InChI is InChI=1S/C16H25BF4N2O2.CO2/c1-23(9-7-13(22)4-2-3-8-17(24)25)11-12-5-6-15(18)14(10-12)16(19,20)21;2-1-3/h5-6,10,13,24-25H,2-4,7-9,11,22H2,1H3;. The van der Waals surface area contributed by atoms with Crippen LogP contribution < -0.4 is 5.73 Å². The maximum absolute atomic E-state index is 13.3. The van der Waals surface area contributed by atoms with Crippen LogP contribution in [0.4, 0.5) is 17.6 Å². The smallest absolute Gasteiger partial charge is 0.427 e. The van der Waals surface area contributed by atoms with Gasteiger partial charge in [0.1, 0.15) is 5.82 Å². The molecule has 0 heterocycles. The van der Waals surface area contributed by atoms with Crippen LogP contribution in [0.1, 0.15) is 36.8 Å². The average Bonchev–Trinajstić information content (AvgIpc) is 2.58. The molecule has 0 fully saturated rings. The highest BCUT2D eigenvalue weighted by molar-refractivity contribution is 6.40. The number of carbonyl (C=O) groups excluding carboxylic acids is 2. The number of hydrogen-bond acceptors (Lipinski definition) is 6. The van der Waals surface area contributed by atoms with E-state index < -0.39 is 24.7 Å². The van der Waals surface area contributed by atoms with Gasteiger partial charge in [-0.25, -0.2) is 4.39 Å². The van der Waals surface area contributed by atoms with Crippen LogP contribution in [0, 0.1) is 5.82 Å². The minimum atomic E-state index is -4.71. The lowest BCUT2D eigenvalue weighted by Gasteiger charge is -2.20. The number of nitrogens with two attached hydrogens (primary N) is 1. The van der Waals surface area contributed by atoms with Crippen LogP contribution >= 0.6 is 0 Å². The second-order valence-corrected chi connectivity index (χ2v) is 6.45. The van der Waals surface area contributed by atoms with E-state index >= 15 is 0 Å². The Balaban J connectivity index is 0.00000227. The first-order valence-electron chi connectivity index (χ1n) is 8.66. The molecule has 0 amide bonds. The Bertz CT molecular complexity index is 611. The predicted molar refractivity (Wildman–Crippen MR) is 94.2 cm³/mol. The summed E-state index contributed by atoms with van der Waals surface area (Å²) < 4.78 is 51.4. The van der Waals surface area contributed by atoms with Crippen molar-refractivity contribution < 1.29 is 37.2 Å². The van der Waals surface area contributed by atoms with Crippen molar-refractivity contribution in [2.75, 3.05) is 13.6 Å². The van der Waals surface area contributed by atoms with E-state index in [2.05, 4.69) is 0 Å². The number of alkyl halides is 3. The third kappa shape index (κ3) is 11.8. The van der Waals surface area contributed by atoms with Gasteiger partial charge in [0, 0.05) is 12.6 Å². The van der Waals surface area contributed by atoms with Crippen LogP contribution in [0.2, 0.25) is 6.32 Å². The van der Waals surface area contributed by atoms with Gasteiger partial charge >= 0.3 is 19.4 Å². The Hall–Kier alpha value is -1.78. The third-order valence-corrected chi connectivity index (χ3v) is 3.96. The Morgan fingerprint density at radius 2 is 1.82 bits per heavy atom. The zero-order valence-electron chi connectivity index (χ0n) is 15.6. The SMILES string of the molecule is CN(CCC(N)CCCCB(O)O)Cc1ccc(F)c(C(F)(F)F)c1.O=C=O. The highest BCUT2D eigenvalue weighted by Gasteiger charge is 2.34. The molecule has 0 radical (unpaired) electrons. The minimum Gasteiger partial charge on any atom is -0.427 e. The van der Waals surface area contributed by atoms with E-state index in [1.807, 2.05) is 4.90 Å². The van der Waals surface area contributed by atoms with Gasteiger partial charge in [0.15, 0.2) is 0 Å². The first-order chi connectivity index (χ1) is 13.0. The van der Waals surface area contributed by atoms with Crippen molar-refractivity contribution in [1.29, 1.82) is 0 Å². The molecule has 0 aliphatic heterocycles. The average molecular weight is 408 g/mol. The molecule has 0 spiro atoms. The fraction of sp³-hybridized carbons (Fsp3) is 0.588. The van der Waals surface area contributed by atoms with E-state index in [9.17, 15) is 17.6 Å². The summed E-state index contributed by atoms with van der Waals surface area (Å²) in [4.78, 5) is 18.1. The second kappa shape index (κ2) is 13.4. The van der Waals surface area contributed by atoms with Crippen molar-refractivity contribution in [3.05, 3.63) is 35.1 Å². The zero-order chi connectivity index (χ0) is 21.7. The van der Waals surface area contributed by atoms with Crippen LogP contribution in [0.25, 0.3) is 0 Å². The molecule has 11 heteroatoms. The summed E-state index contributed by atoms with van der Waals surface area (Å²) in [6.07, 6.45) is -1.25. The third-order valence-electron chi connectivity index (χ3n) is 3.96. The summed E-state index contributed by atoms with van der Waals surface area (Å²) >= 11 is 0. The molecular weight excluding hydrogens is 383 g/mol. The van der Waals surface area contributed by atoms with Crippen molar-refractivity contribution >= 4 is 13.3 Å². The number of rotatable bonds is 10. The van der Waals surface area contributed by atoms with Gasteiger partial charge in [0.2, 0.25) is 0 Å². The molecule has 0 saturated heterocycles. The van der Waals surface area contributed by atoms with Gasteiger partial charge in [0.25, 0.3) is 0 Å². The van der Waals surface area contributed by atoms with Crippen LogP contribution in [0.3, 0.4) is 0 Å². The molecule has 1 aromatic carbocycles. The van der Waals surface area contributed by atoms with Crippen LogP contribution in [-0.2, 0) is 22.3 Å². The van der Waals surface area contributed by atoms with Crippen molar-refractivity contribution in [3.63, 3.8) is 0 Å². The number of hydrogen-bond donors (Lipinski definition) is 3. The van der Waals surface area contributed by atoms with Gasteiger partial charge in [-0.3, -0.25) is 0 Å². The molecule has 28 heavy (non-hydrogen) atoms. The molecule has 0 saturated carbocycles. The van der Waals surface area contributed by atoms with Crippen LogP contribution in [0.5, 0.6) is 0 Å². The number of nitrogens with zero attached hydrogens (tertiary/aromatic N) is 1. The minimum absolute atomic E-state index is 0.0581. The predicted octanol–water partition coefficient (Wildman–Crippen LogP) is 2.05. The summed E-state index contributed by atoms with van der Waals surface area (Å²) in [5, 5.41) is 17.5. The number of benzene rings is 1. The molecule has 0 bridgehead atoms. The Kier molecular flexibility index (Phi) is 12.6. The van der Waals surface area contributed by atoms with Gasteiger partial charge in [-0.1, -0.05) is 18.9 Å². The van der Waals surface area contributed by atoms with E-state index in [-0.39, 0.29) is 18.7 Å². The molecule has 0 aliphatic rings. The lowest BCUT2D eigenvalue weighted by atomic mass is 9.83. The Morgan fingerprint density at radius 3 is 2.36 bits per heavy atom. The Morgan fingerprint density at radius 1 is 1.21 bits per heavy atom. The first-order valence-corrected chi connectivity index (χ1v) is 8.66. The lowest BCUT2D eigenvalue weighted by Crippen LogP contribution is -2.28. The van der Waals surface area contributed by atoms with E-state index in [1.165, 1.54) is 6.07 Å². The largest absolute Gasteiger partial charge is 0.451 e. The summed E-state index contributed by atoms with van der Waals surface area (Å²) in [6, 6.07) is 2.97. The summed E-state index contributed by atoms with van der Waals surface area (Å²) in [5.74, 6) is -1.27. The second-order valence-electron chi connectivity index (χ2n) is 6.45. The molecule has 6 nitrogen and oxygen atoms in total. The van der Waals surface area contributed by atoms with E-state index in [0.29, 0.717) is 31.3 Å². The highest BCUT2D eigenvalue weighted by Crippen LogP contribution is 2.32. The molecule has 1 unspecified atom stereocenters. The fourth-order valence-electron chi connectivity index (χ4n) is 2.54. The van der Waals surface area contributed by atoms with E-state index in [0.717, 1.165) is 25.0 Å². The van der Waals surface area contributed by atoms with Gasteiger partial charge in [0.05, 0.1) is 5.56 Å². The van der Waals surface area contributed by atoms with Crippen molar-refractivity contribution in [1.82, 2.24) is 4.90 Å². The normalized spacial score (nSPS) is 12.2. The molecular formula is C17H25BF4N2O4. The molecule has 1 rings (SSSR count). The molecule has 0 aromatic heterocycles. The van der Waals surface area contributed by atoms with Gasteiger partial charge in [-0.05, 0) is 50.5 Å². The van der Waals surface area contributed by atoms with Crippen molar-refractivity contribution in [2.45, 2.75) is 50.8 Å². The van der Waals surface area contributed by atoms with Gasteiger partial charge < -0.3 is 20.7 Å². The molecule has 158 valence electrons. The first kappa shape index (κ1) is 26.2. The van der Waals surface area contributed by atoms with Crippen LogP contribution in [-0.4, -0.2) is 47.9 Å². The van der Waals surface area contributed by atoms with Crippen LogP contribution in [0.15, 0.2) is 18.2 Å².